The highest BCUT2D eigenvalue weighted by atomic mass is 79.9. The van der Waals surface area contributed by atoms with Crippen LogP contribution in [0.25, 0.3) is 0 Å². The first-order valence-electron chi connectivity index (χ1n) is 4.45. The number of benzene rings is 1. The van der Waals surface area contributed by atoms with Gasteiger partial charge in [-0.15, -0.1) is 0 Å². The molecule has 0 unspecified atom stereocenters. The minimum atomic E-state index is -1.14. The van der Waals surface area contributed by atoms with E-state index in [1.54, 1.807) is 0 Å². The average Bonchev–Trinajstić information content (AvgIpc) is 2.65. The molecule has 0 aliphatic heterocycles. The normalized spacial score (nSPS) is 10.4. The van der Waals surface area contributed by atoms with Crippen molar-refractivity contribution in [2.75, 3.05) is 0 Å². The summed E-state index contributed by atoms with van der Waals surface area (Å²) in [7, 11) is 0. The fraction of sp³-hybridized carbons (Fsp3) is 0. The SMILES string of the molecule is O=Cc1sc(Oc2cc(Br)cc(F)c2F)nc1Cl. The minimum absolute atomic E-state index is 0.0409. The summed E-state index contributed by atoms with van der Waals surface area (Å²) in [5.74, 6) is -2.54. The molecule has 0 fully saturated rings. The summed E-state index contributed by atoms with van der Waals surface area (Å²) in [6.07, 6.45) is 0.505. The summed E-state index contributed by atoms with van der Waals surface area (Å²) in [5, 5.41) is -0.0839. The number of thiazole rings is 1. The van der Waals surface area contributed by atoms with E-state index in [0.29, 0.717) is 10.8 Å². The molecule has 0 radical (unpaired) electrons. The fourth-order valence-electron chi connectivity index (χ4n) is 1.11. The van der Waals surface area contributed by atoms with Gasteiger partial charge in [-0.05, 0) is 12.1 Å². The Hall–Kier alpha value is -1.05. The smallest absolute Gasteiger partial charge is 0.280 e. The molecule has 0 aliphatic rings. The van der Waals surface area contributed by atoms with Crippen LogP contribution in [0.5, 0.6) is 10.9 Å². The molecular formula is C10H3BrClF2NO2S. The van der Waals surface area contributed by atoms with Crippen LogP contribution in [0, 0.1) is 11.6 Å². The van der Waals surface area contributed by atoms with E-state index in [1.807, 2.05) is 0 Å². The third-order valence-corrected chi connectivity index (χ3v) is 3.57. The molecule has 0 saturated carbocycles. The molecule has 1 aromatic heterocycles. The second-order valence-electron chi connectivity index (χ2n) is 3.05. The van der Waals surface area contributed by atoms with Gasteiger partial charge in [-0.2, -0.15) is 9.37 Å². The Morgan fingerprint density at radius 1 is 1.44 bits per heavy atom. The van der Waals surface area contributed by atoms with Gasteiger partial charge in [0.2, 0.25) is 5.82 Å². The first kappa shape index (κ1) is 13.4. The van der Waals surface area contributed by atoms with Gasteiger partial charge in [0.25, 0.3) is 5.19 Å². The van der Waals surface area contributed by atoms with Gasteiger partial charge >= 0.3 is 0 Å². The number of carbonyl (C=O) groups excluding carboxylic acids is 1. The number of hydrogen-bond acceptors (Lipinski definition) is 4. The Morgan fingerprint density at radius 2 is 2.17 bits per heavy atom. The van der Waals surface area contributed by atoms with E-state index >= 15 is 0 Å². The third-order valence-electron chi connectivity index (χ3n) is 1.85. The van der Waals surface area contributed by atoms with Gasteiger partial charge in [-0.3, -0.25) is 4.79 Å². The molecule has 8 heteroatoms. The molecule has 2 rings (SSSR count). The monoisotopic (exact) mass is 353 g/mol. The molecule has 1 heterocycles. The molecule has 3 nitrogen and oxygen atoms in total. The van der Waals surface area contributed by atoms with Gasteiger partial charge in [-0.1, -0.05) is 38.9 Å². The lowest BCUT2D eigenvalue weighted by Gasteiger charge is -2.04. The lowest BCUT2D eigenvalue weighted by atomic mass is 10.3. The number of aldehydes is 1. The zero-order valence-corrected chi connectivity index (χ0v) is 11.6. The van der Waals surface area contributed by atoms with Crippen LogP contribution in [-0.2, 0) is 0 Å². The van der Waals surface area contributed by atoms with E-state index in [0.717, 1.165) is 17.4 Å². The van der Waals surface area contributed by atoms with Crippen LogP contribution in [-0.4, -0.2) is 11.3 Å². The molecule has 0 saturated heterocycles. The number of rotatable bonds is 3. The summed E-state index contributed by atoms with van der Waals surface area (Å²) in [6, 6.07) is 2.21. The van der Waals surface area contributed by atoms with Crippen molar-refractivity contribution in [2.45, 2.75) is 0 Å². The summed E-state index contributed by atoms with van der Waals surface area (Å²) < 4.78 is 31.9. The summed E-state index contributed by atoms with van der Waals surface area (Å²) >= 11 is 9.47. The van der Waals surface area contributed by atoms with Crippen LogP contribution in [0.4, 0.5) is 8.78 Å². The highest BCUT2D eigenvalue weighted by Crippen LogP contribution is 2.34. The van der Waals surface area contributed by atoms with Gasteiger partial charge in [0.05, 0.1) is 0 Å². The predicted molar refractivity (Wildman–Crippen MR) is 66.6 cm³/mol. The van der Waals surface area contributed by atoms with Crippen molar-refractivity contribution >= 4 is 45.2 Å². The fourth-order valence-corrected chi connectivity index (χ4v) is 2.44. The predicted octanol–water partition coefficient (Wildman–Crippen LogP) is 4.44. The average molecular weight is 355 g/mol. The molecule has 18 heavy (non-hydrogen) atoms. The van der Waals surface area contributed by atoms with Crippen LogP contribution in [0.2, 0.25) is 5.15 Å². The zero-order chi connectivity index (χ0) is 13.3. The van der Waals surface area contributed by atoms with E-state index in [9.17, 15) is 13.6 Å². The van der Waals surface area contributed by atoms with Crippen LogP contribution >= 0.6 is 38.9 Å². The first-order chi connectivity index (χ1) is 8.51. The second-order valence-corrected chi connectivity index (χ2v) is 5.32. The second kappa shape index (κ2) is 5.29. The Morgan fingerprint density at radius 3 is 2.78 bits per heavy atom. The van der Waals surface area contributed by atoms with Crippen molar-refractivity contribution in [3.8, 4) is 10.9 Å². The summed E-state index contributed by atoms with van der Waals surface area (Å²) in [6.45, 7) is 0. The number of nitrogens with zero attached hydrogens (tertiary/aromatic N) is 1. The molecule has 0 N–H and O–H groups in total. The van der Waals surface area contributed by atoms with E-state index in [1.165, 1.54) is 6.07 Å². The lowest BCUT2D eigenvalue weighted by molar-refractivity contribution is 0.112. The molecule has 0 amide bonds. The van der Waals surface area contributed by atoms with Gasteiger partial charge in [-0.25, -0.2) is 4.39 Å². The number of aromatic nitrogens is 1. The Bertz CT molecular complexity index is 620. The molecule has 0 spiro atoms. The number of halogens is 4. The van der Waals surface area contributed by atoms with Gasteiger partial charge in [0.15, 0.2) is 23.0 Å². The van der Waals surface area contributed by atoms with Crippen LogP contribution < -0.4 is 4.74 Å². The van der Waals surface area contributed by atoms with E-state index in [2.05, 4.69) is 20.9 Å². The minimum Gasteiger partial charge on any atom is -0.428 e. The molecule has 1 aromatic carbocycles. The third kappa shape index (κ3) is 2.68. The van der Waals surface area contributed by atoms with Crippen molar-refractivity contribution < 1.29 is 18.3 Å². The number of hydrogen-bond donors (Lipinski definition) is 0. The van der Waals surface area contributed by atoms with E-state index in [4.69, 9.17) is 16.3 Å². The van der Waals surface area contributed by atoms with Crippen LogP contribution in [0.15, 0.2) is 16.6 Å². The maximum Gasteiger partial charge on any atom is 0.280 e. The lowest BCUT2D eigenvalue weighted by Crippen LogP contribution is -1.91. The Labute approximate surface area is 117 Å². The van der Waals surface area contributed by atoms with Crippen molar-refractivity contribution in [3.05, 3.63) is 38.3 Å². The van der Waals surface area contributed by atoms with Gasteiger partial charge < -0.3 is 4.74 Å². The Balaban J connectivity index is 2.36. The highest BCUT2D eigenvalue weighted by Gasteiger charge is 2.15. The van der Waals surface area contributed by atoms with Gasteiger partial charge in [0.1, 0.15) is 4.88 Å². The molecule has 0 atom stereocenters. The highest BCUT2D eigenvalue weighted by molar-refractivity contribution is 9.10. The Kier molecular flexibility index (Phi) is 3.94. The summed E-state index contributed by atoms with van der Waals surface area (Å²) in [4.78, 5) is 14.4. The molecule has 2 aromatic rings. The molecule has 94 valence electrons. The molecular weight excluding hydrogens is 352 g/mol. The maximum absolute atomic E-state index is 13.4. The first-order valence-corrected chi connectivity index (χ1v) is 6.44. The van der Waals surface area contributed by atoms with Gasteiger partial charge in [0, 0.05) is 4.47 Å². The van der Waals surface area contributed by atoms with Crippen LogP contribution in [0.3, 0.4) is 0 Å². The van der Waals surface area contributed by atoms with Crippen molar-refractivity contribution in [1.82, 2.24) is 4.98 Å². The largest absolute Gasteiger partial charge is 0.428 e. The van der Waals surface area contributed by atoms with Crippen LogP contribution in [0.1, 0.15) is 9.67 Å². The van der Waals surface area contributed by atoms with E-state index in [-0.39, 0.29) is 21.0 Å². The topological polar surface area (TPSA) is 39.2 Å². The zero-order valence-electron chi connectivity index (χ0n) is 8.42. The van der Waals surface area contributed by atoms with Crippen molar-refractivity contribution in [1.29, 1.82) is 0 Å². The standard InChI is InChI=1S/C10H3BrClF2NO2S/c11-4-1-5(13)8(14)6(2-4)17-10-15-9(12)7(3-16)18-10/h1-3H. The number of ether oxygens (including phenoxy) is 1. The quantitative estimate of drug-likeness (QED) is 0.604. The van der Waals surface area contributed by atoms with Crippen molar-refractivity contribution in [3.63, 3.8) is 0 Å². The van der Waals surface area contributed by atoms with E-state index < -0.39 is 11.6 Å². The summed E-state index contributed by atoms with van der Waals surface area (Å²) in [5.41, 5.74) is 0. The van der Waals surface area contributed by atoms with Crippen molar-refractivity contribution in [2.24, 2.45) is 0 Å². The number of carbonyl (C=O) groups is 1. The molecule has 0 bridgehead atoms. The molecule has 0 aliphatic carbocycles. The maximum atomic E-state index is 13.4.